The molecule has 11 heavy (non-hydrogen) atoms. The zero-order valence-corrected chi connectivity index (χ0v) is 8.24. The molecule has 1 aromatic carbocycles. The molecular formula is C8H7BrOS. The van der Waals surface area contributed by atoms with Crippen LogP contribution in [0.4, 0.5) is 0 Å². The van der Waals surface area contributed by atoms with Crippen molar-refractivity contribution in [3.63, 3.8) is 0 Å². The minimum atomic E-state index is 0.833. The van der Waals surface area contributed by atoms with Gasteiger partial charge in [-0.15, -0.1) is 11.8 Å². The van der Waals surface area contributed by atoms with Crippen molar-refractivity contribution in [3.05, 3.63) is 22.7 Å². The number of rotatable bonds is 0. The van der Waals surface area contributed by atoms with Crippen LogP contribution in [0.5, 0.6) is 5.75 Å². The Morgan fingerprint density at radius 2 is 2.36 bits per heavy atom. The third-order valence-corrected chi connectivity index (χ3v) is 3.00. The Morgan fingerprint density at radius 1 is 1.45 bits per heavy atom. The van der Waals surface area contributed by atoms with Gasteiger partial charge in [-0.25, -0.2) is 0 Å². The van der Waals surface area contributed by atoms with E-state index in [1.54, 1.807) is 0 Å². The van der Waals surface area contributed by atoms with Gasteiger partial charge >= 0.3 is 0 Å². The van der Waals surface area contributed by atoms with E-state index in [2.05, 4.69) is 22.0 Å². The molecule has 1 aromatic rings. The van der Waals surface area contributed by atoms with Crippen LogP contribution in [0.2, 0.25) is 0 Å². The summed E-state index contributed by atoms with van der Waals surface area (Å²) in [5.74, 6) is 2.08. The van der Waals surface area contributed by atoms with Gasteiger partial charge in [-0.05, 0) is 18.2 Å². The molecule has 1 heterocycles. The molecule has 58 valence electrons. The Bertz CT molecular complexity index is 275. The number of thioether (sulfide) groups is 1. The Labute approximate surface area is 78.3 Å². The summed E-state index contributed by atoms with van der Waals surface area (Å²) >= 11 is 5.27. The van der Waals surface area contributed by atoms with Gasteiger partial charge in [0.25, 0.3) is 0 Å². The van der Waals surface area contributed by atoms with Crippen molar-refractivity contribution in [1.29, 1.82) is 0 Å². The highest BCUT2D eigenvalue weighted by Crippen LogP contribution is 2.34. The van der Waals surface area contributed by atoms with Crippen molar-refractivity contribution in [2.24, 2.45) is 0 Å². The highest BCUT2D eigenvalue weighted by molar-refractivity contribution is 9.10. The molecule has 0 aromatic heterocycles. The van der Waals surface area contributed by atoms with E-state index in [0.717, 1.165) is 22.6 Å². The molecule has 3 heteroatoms. The minimum absolute atomic E-state index is 0.833. The van der Waals surface area contributed by atoms with Crippen LogP contribution < -0.4 is 4.74 Å². The summed E-state index contributed by atoms with van der Waals surface area (Å²) in [5, 5.41) is 0. The van der Waals surface area contributed by atoms with E-state index < -0.39 is 0 Å². The molecule has 1 aliphatic heterocycles. The number of ether oxygens (including phenoxy) is 1. The summed E-state index contributed by atoms with van der Waals surface area (Å²) in [6.07, 6.45) is 0. The lowest BCUT2D eigenvalue weighted by Gasteiger charge is -2.16. The van der Waals surface area contributed by atoms with E-state index in [-0.39, 0.29) is 0 Å². The molecule has 2 rings (SSSR count). The van der Waals surface area contributed by atoms with Crippen molar-refractivity contribution in [2.75, 3.05) is 12.4 Å². The molecule has 0 saturated heterocycles. The maximum atomic E-state index is 5.44. The summed E-state index contributed by atoms with van der Waals surface area (Å²) in [6.45, 7) is 0.833. The summed E-state index contributed by atoms with van der Waals surface area (Å²) in [4.78, 5) is 1.24. The summed E-state index contributed by atoms with van der Waals surface area (Å²) in [6, 6.07) is 6.11. The second-order valence-electron chi connectivity index (χ2n) is 2.29. The highest BCUT2D eigenvalue weighted by atomic mass is 79.9. The number of fused-ring (bicyclic) bond motifs is 1. The average Bonchev–Trinajstić information content (AvgIpc) is 2.04. The largest absolute Gasteiger partial charge is 0.492 e. The lowest BCUT2D eigenvalue weighted by Crippen LogP contribution is -2.05. The predicted molar refractivity (Wildman–Crippen MR) is 50.4 cm³/mol. The summed E-state index contributed by atoms with van der Waals surface area (Å²) in [5.41, 5.74) is 0. The number of hydrogen-bond donors (Lipinski definition) is 0. The normalized spacial score (nSPS) is 15.4. The molecule has 0 unspecified atom stereocenters. The number of hydrogen-bond acceptors (Lipinski definition) is 2. The molecule has 0 amide bonds. The monoisotopic (exact) mass is 230 g/mol. The van der Waals surface area contributed by atoms with E-state index in [9.17, 15) is 0 Å². The number of halogens is 1. The van der Waals surface area contributed by atoms with Crippen molar-refractivity contribution in [2.45, 2.75) is 4.90 Å². The molecule has 0 saturated carbocycles. The Balaban J connectivity index is 2.43. The first kappa shape index (κ1) is 7.50. The third-order valence-electron chi connectivity index (χ3n) is 1.50. The van der Waals surface area contributed by atoms with Crippen LogP contribution >= 0.6 is 27.7 Å². The Hall–Kier alpha value is -0.150. The van der Waals surface area contributed by atoms with Gasteiger partial charge in [0, 0.05) is 10.2 Å². The van der Waals surface area contributed by atoms with Gasteiger partial charge < -0.3 is 4.74 Å². The van der Waals surface area contributed by atoms with Crippen molar-refractivity contribution in [3.8, 4) is 5.75 Å². The lowest BCUT2D eigenvalue weighted by molar-refractivity contribution is 0.330. The fraction of sp³-hybridized carbons (Fsp3) is 0.250. The third kappa shape index (κ3) is 1.54. The molecule has 0 atom stereocenters. The van der Waals surface area contributed by atoms with E-state index >= 15 is 0 Å². The predicted octanol–water partition coefficient (Wildman–Crippen LogP) is 2.93. The van der Waals surface area contributed by atoms with Crippen LogP contribution in [0.15, 0.2) is 27.6 Å². The van der Waals surface area contributed by atoms with Crippen molar-refractivity contribution in [1.82, 2.24) is 0 Å². The van der Waals surface area contributed by atoms with Crippen LogP contribution in [0, 0.1) is 0 Å². The van der Waals surface area contributed by atoms with E-state index in [4.69, 9.17) is 4.74 Å². The van der Waals surface area contributed by atoms with Crippen molar-refractivity contribution >= 4 is 27.7 Å². The fourth-order valence-corrected chi connectivity index (χ4v) is 2.40. The van der Waals surface area contributed by atoms with Crippen molar-refractivity contribution < 1.29 is 4.74 Å². The van der Waals surface area contributed by atoms with Gasteiger partial charge in [0.2, 0.25) is 0 Å². The summed E-state index contributed by atoms with van der Waals surface area (Å²) < 4.78 is 6.56. The number of benzene rings is 1. The van der Waals surface area contributed by atoms with Crippen LogP contribution in [-0.4, -0.2) is 12.4 Å². The first-order valence-electron chi connectivity index (χ1n) is 3.41. The Morgan fingerprint density at radius 3 is 3.27 bits per heavy atom. The average molecular weight is 231 g/mol. The van der Waals surface area contributed by atoms with Crippen LogP contribution in [0.3, 0.4) is 0 Å². The topological polar surface area (TPSA) is 9.23 Å². The zero-order chi connectivity index (χ0) is 7.68. The lowest BCUT2D eigenvalue weighted by atomic mass is 10.3. The van der Waals surface area contributed by atoms with Crippen LogP contribution in [-0.2, 0) is 0 Å². The second-order valence-corrected chi connectivity index (χ2v) is 4.34. The molecule has 0 spiro atoms. The maximum absolute atomic E-state index is 5.44. The van der Waals surface area contributed by atoms with E-state index in [1.165, 1.54) is 4.90 Å². The van der Waals surface area contributed by atoms with Gasteiger partial charge in [0.05, 0.1) is 11.5 Å². The van der Waals surface area contributed by atoms with Gasteiger partial charge in [-0.1, -0.05) is 15.9 Å². The zero-order valence-electron chi connectivity index (χ0n) is 5.84. The molecule has 0 radical (unpaired) electrons. The van der Waals surface area contributed by atoms with Gasteiger partial charge in [0.15, 0.2) is 0 Å². The Kier molecular flexibility index (Phi) is 2.09. The minimum Gasteiger partial charge on any atom is -0.492 e. The fourth-order valence-electron chi connectivity index (χ4n) is 1.02. The molecule has 0 bridgehead atoms. The molecule has 0 N–H and O–H groups in total. The highest BCUT2D eigenvalue weighted by Gasteiger charge is 2.09. The molecule has 0 fully saturated rings. The quantitative estimate of drug-likeness (QED) is 0.678. The molecule has 1 aliphatic rings. The SMILES string of the molecule is Brc1ccc2c(c1)SCCO2. The van der Waals surface area contributed by atoms with Crippen LogP contribution in [0.25, 0.3) is 0 Å². The van der Waals surface area contributed by atoms with Gasteiger partial charge in [-0.3, -0.25) is 0 Å². The second kappa shape index (κ2) is 3.07. The van der Waals surface area contributed by atoms with E-state index in [1.807, 2.05) is 23.9 Å². The molecular weight excluding hydrogens is 224 g/mol. The first-order valence-corrected chi connectivity index (χ1v) is 5.19. The maximum Gasteiger partial charge on any atom is 0.132 e. The molecule has 0 aliphatic carbocycles. The summed E-state index contributed by atoms with van der Waals surface area (Å²) in [7, 11) is 0. The smallest absolute Gasteiger partial charge is 0.132 e. The van der Waals surface area contributed by atoms with Gasteiger partial charge in [-0.2, -0.15) is 0 Å². The van der Waals surface area contributed by atoms with Crippen LogP contribution in [0.1, 0.15) is 0 Å². The first-order chi connectivity index (χ1) is 5.36. The van der Waals surface area contributed by atoms with Gasteiger partial charge in [0.1, 0.15) is 5.75 Å². The van der Waals surface area contributed by atoms with E-state index in [0.29, 0.717) is 0 Å². The molecule has 1 nitrogen and oxygen atoms in total. The standard InChI is InChI=1S/C8H7BrOS/c9-6-1-2-7-8(5-6)11-4-3-10-7/h1-2,5H,3-4H2.